The number of anilines is 2. The minimum Gasteiger partial charge on any atom is -0.481 e. The molecule has 10 heteroatoms. The molecule has 7 nitrogen and oxygen atoms in total. The van der Waals surface area contributed by atoms with E-state index in [9.17, 15) is 18.7 Å². The number of aliphatic carboxylic acids is 1. The van der Waals surface area contributed by atoms with Crippen molar-refractivity contribution in [1.82, 2.24) is 15.0 Å². The molecule has 4 rings (SSSR count). The van der Waals surface area contributed by atoms with Crippen molar-refractivity contribution in [3.63, 3.8) is 0 Å². The summed E-state index contributed by atoms with van der Waals surface area (Å²) >= 11 is 1.49. The van der Waals surface area contributed by atoms with Crippen molar-refractivity contribution in [2.45, 2.75) is 51.6 Å². The van der Waals surface area contributed by atoms with Crippen LogP contribution < -0.4 is 5.32 Å². The highest BCUT2D eigenvalue weighted by Crippen LogP contribution is 2.34. The first kappa shape index (κ1) is 24.2. The topological polar surface area (TPSA) is 108 Å². The standard InChI is InChI=1S/C24H26F2N4O3S/c1-13-8-16(10-17(9-13)29-24-27-7-6-18(30-24)22(25)26)20-12-28-21(34-20)11-19(31)14-2-4-15(5-3-14)23(32)33/h6-10,12,14-15,19,22,31H,2-5,11H2,1H3,(H,32,33)(H,27,29,30). The molecule has 1 aliphatic rings. The Labute approximate surface area is 199 Å². The van der Waals surface area contributed by atoms with E-state index in [0.717, 1.165) is 21.0 Å². The highest BCUT2D eigenvalue weighted by Gasteiger charge is 2.30. The molecule has 3 N–H and O–H groups in total. The van der Waals surface area contributed by atoms with Gasteiger partial charge in [0.2, 0.25) is 5.95 Å². The van der Waals surface area contributed by atoms with E-state index in [2.05, 4.69) is 20.3 Å². The van der Waals surface area contributed by atoms with E-state index in [4.69, 9.17) is 5.11 Å². The summed E-state index contributed by atoms with van der Waals surface area (Å²) in [7, 11) is 0. The number of benzene rings is 1. The Balaban J connectivity index is 1.43. The fraction of sp³-hybridized carbons (Fsp3) is 0.417. The third-order valence-electron chi connectivity index (χ3n) is 6.12. The van der Waals surface area contributed by atoms with E-state index < -0.39 is 18.5 Å². The van der Waals surface area contributed by atoms with Crippen molar-refractivity contribution in [3.8, 4) is 10.4 Å². The second-order valence-electron chi connectivity index (χ2n) is 8.66. The van der Waals surface area contributed by atoms with Gasteiger partial charge in [-0.25, -0.2) is 23.7 Å². The fourth-order valence-corrected chi connectivity index (χ4v) is 5.27. The second kappa shape index (κ2) is 10.5. The van der Waals surface area contributed by atoms with Gasteiger partial charge in [-0.15, -0.1) is 11.3 Å². The van der Waals surface area contributed by atoms with Crippen LogP contribution in [0.25, 0.3) is 10.4 Å². The smallest absolute Gasteiger partial charge is 0.306 e. The number of aliphatic hydroxyl groups is 1. The molecule has 1 fully saturated rings. The average Bonchev–Trinajstić information content (AvgIpc) is 3.27. The lowest BCUT2D eigenvalue weighted by atomic mass is 9.79. The van der Waals surface area contributed by atoms with Gasteiger partial charge in [-0.05, 0) is 67.9 Å². The van der Waals surface area contributed by atoms with E-state index in [1.165, 1.54) is 23.6 Å². The van der Waals surface area contributed by atoms with Crippen molar-refractivity contribution in [1.29, 1.82) is 0 Å². The molecule has 0 saturated heterocycles. The first-order chi connectivity index (χ1) is 16.3. The zero-order valence-corrected chi connectivity index (χ0v) is 19.4. The number of thiazole rings is 1. The van der Waals surface area contributed by atoms with Gasteiger partial charge in [-0.2, -0.15) is 0 Å². The molecule has 0 radical (unpaired) electrons. The summed E-state index contributed by atoms with van der Waals surface area (Å²) in [5.41, 5.74) is 2.21. The molecule has 2 heterocycles. The molecular formula is C24H26F2N4O3S. The third kappa shape index (κ3) is 5.92. The quantitative estimate of drug-likeness (QED) is 0.390. The summed E-state index contributed by atoms with van der Waals surface area (Å²) in [6.45, 7) is 1.93. The lowest BCUT2D eigenvalue weighted by Gasteiger charge is -2.29. The molecule has 2 aromatic heterocycles. The molecule has 0 amide bonds. The van der Waals surface area contributed by atoms with E-state index in [1.807, 2.05) is 25.1 Å². The molecule has 1 aliphatic carbocycles. The first-order valence-electron chi connectivity index (χ1n) is 11.1. The largest absolute Gasteiger partial charge is 0.481 e. The Hall–Kier alpha value is -2.98. The summed E-state index contributed by atoms with van der Waals surface area (Å²) in [5, 5.41) is 23.6. The lowest BCUT2D eigenvalue weighted by molar-refractivity contribution is -0.143. The van der Waals surface area contributed by atoms with E-state index in [-0.39, 0.29) is 23.5 Å². The summed E-state index contributed by atoms with van der Waals surface area (Å²) in [5.74, 6) is -0.873. The van der Waals surface area contributed by atoms with Crippen LogP contribution in [0.15, 0.2) is 36.7 Å². The van der Waals surface area contributed by atoms with Crippen LogP contribution in [0.2, 0.25) is 0 Å². The maximum atomic E-state index is 12.9. The lowest BCUT2D eigenvalue weighted by Crippen LogP contribution is -2.29. The maximum absolute atomic E-state index is 12.9. The van der Waals surface area contributed by atoms with Crippen LogP contribution >= 0.6 is 11.3 Å². The molecule has 1 saturated carbocycles. The van der Waals surface area contributed by atoms with Gasteiger partial charge in [0, 0.05) is 24.5 Å². The van der Waals surface area contributed by atoms with Gasteiger partial charge >= 0.3 is 5.97 Å². The number of hydrogen-bond donors (Lipinski definition) is 3. The van der Waals surface area contributed by atoms with Crippen LogP contribution in [-0.2, 0) is 11.2 Å². The Morgan fingerprint density at radius 1 is 1.21 bits per heavy atom. The molecule has 180 valence electrons. The average molecular weight is 489 g/mol. The van der Waals surface area contributed by atoms with Crippen LogP contribution in [0.5, 0.6) is 0 Å². The van der Waals surface area contributed by atoms with Crippen LogP contribution in [0, 0.1) is 18.8 Å². The molecule has 1 unspecified atom stereocenters. The highest BCUT2D eigenvalue weighted by atomic mass is 32.1. The molecule has 34 heavy (non-hydrogen) atoms. The van der Waals surface area contributed by atoms with Gasteiger partial charge in [0.25, 0.3) is 6.43 Å². The molecular weight excluding hydrogens is 462 g/mol. The summed E-state index contributed by atoms with van der Waals surface area (Å²) in [4.78, 5) is 24.4. The monoisotopic (exact) mass is 488 g/mol. The molecule has 1 atom stereocenters. The van der Waals surface area contributed by atoms with Crippen molar-refractivity contribution in [2.75, 3.05) is 5.32 Å². The van der Waals surface area contributed by atoms with Gasteiger partial charge in [0.1, 0.15) is 5.69 Å². The van der Waals surface area contributed by atoms with Crippen LogP contribution in [0.3, 0.4) is 0 Å². The normalized spacial score (nSPS) is 19.2. The maximum Gasteiger partial charge on any atom is 0.306 e. The first-order valence-corrected chi connectivity index (χ1v) is 12.0. The number of rotatable bonds is 8. The minimum absolute atomic E-state index is 0.0849. The number of nitrogens with zero attached hydrogens (tertiary/aromatic N) is 3. The number of carbonyl (C=O) groups is 1. The van der Waals surface area contributed by atoms with Crippen molar-refractivity contribution < 1.29 is 23.8 Å². The second-order valence-corrected chi connectivity index (χ2v) is 9.77. The van der Waals surface area contributed by atoms with E-state index in [0.29, 0.717) is 37.8 Å². The number of nitrogens with one attached hydrogen (secondary N) is 1. The number of aliphatic hydroxyl groups excluding tert-OH is 1. The zero-order valence-electron chi connectivity index (χ0n) is 18.6. The van der Waals surface area contributed by atoms with Crippen molar-refractivity contribution in [2.24, 2.45) is 11.8 Å². The van der Waals surface area contributed by atoms with Gasteiger partial charge < -0.3 is 15.5 Å². The number of alkyl halides is 2. The van der Waals surface area contributed by atoms with Crippen LogP contribution in [0.1, 0.15) is 48.4 Å². The van der Waals surface area contributed by atoms with Gasteiger partial charge in [0.05, 0.1) is 21.9 Å². The summed E-state index contributed by atoms with van der Waals surface area (Å²) in [6, 6.07) is 6.94. The van der Waals surface area contributed by atoms with Crippen LogP contribution in [0.4, 0.5) is 20.4 Å². The molecule has 1 aromatic carbocycles. The Kier molecular flexibility index (Phi) is 7.47. The fourth-order valence-electron chi connectivity index (χ4n) is 4.32. The third-order valence-corrected chi connectivity index (χ3v) is 7.19. The Bertz CT molecular complexity index is 1150. The molecule has 3 aromatic rings. The number of aromatic nitrogens is 3. The summed E-state index contributed by atoms with van der Waals surface area (Å²) in [6.07, 6.45) is 2.88. The van der Waals surface area contributed by atoms with Gasteiger partial charge in [-0.1, -0.05) is 6.07 Å². The van der Waals surface area contributed by atoms with Crippen LogP contribution in [-0.4, -0.2) is 37.2 Å². The number of carboxylic acids is 1. The van der Waals surface area contributed by atoms with E-state index >= 15 is 0 Å². The zero-order chi connectivity index (χ0) is 24.2. The Morgan fingerprint density at radius 2 is 1.97 bits per heavy atom. The summed E-state index contributed by atoms with van der Waals surface area (Å²) < 4.78 is 25.9. The number of hydrogen-bond acceptors (Lipinski definition) is 7. The van der Waals surface area contributed by atoms with Gasteiger partial charge in [-0.3, -0.25) is 4.79 Å². The Morgan fingerprint density at radius 3 is 2.68 bits per heavy atom. The molecule has 0 bridgehead atoms. The van der Waals surface area contributed by atoms with Crippen molar-refractivity contribution in [3.05, 3.63) is 52.9 Å². The number of halogens is 2. The van der Waals surface area contributed by atoms with Gasteiger partial charge in [0.15, 0.2) is 0 Å². The van der Waals surface area contributed by atoms with Crippen molar-refractivity contribution >= 4 is 28.9 Å². The number of aryl methyl sites for hydroxylation is 1. The molecule has 0 spiro atoms. The predicted molar refractivity (Wildman–Crippen MR) is 125 cm³/mol. The number of carboxylic acid groups (broad SMARTS) is 1. The minimum atomic E-state index is -2.67. The van der Waals surface area contributed by atoms with E-state index in [1.54, 1.807) is 6.20 Å². The predicted octanol–water partition coefficient (Wildman–Crippen LogP) is 5.38. The highest BCUT2D eigenvalue weighted by molar-refractivity contribution is 7.15. The molecule has 0 aliphatic heterocycles. The SMILES string of the molecule is Cc1cc(Nc2nccc(C(F)F)n2)cc(-c2cnc(CC(O)C3CCC(C(=O)O)CC3)s2)c1.